The zero-order valence-corrected chi connectivity index (χ0v) is 50.4. The molecule has 0 radical (unpaired) electrons. The quantitative estimate of drug-likeness (QED) is 0.0272. The van der Waals surface area contributed by atoms with Crippen LogP contribution in [0.5, 0.6) is 0 Å². The van der Waals surface area contributed by atoms with E-state index < -0.39 is 26.6 Å². The largest absolute Gasteiger partial charge is 0.756 e. The van der Waals surface area contributed by atoms with Crippen LogP contribution in [0.1, 0.15) is 296 Å². The van der Waals surface area contributed by atoms with Gasteiger partial charge in [0.05, 0.1) is 39.9 Å². The number of allylic oxidation sites excluding steroid dienone is 9. The van der Waals surface area contributed by atoms with Gasteiger partial charge in [-0.3, -0.25) is 9.36 Å². The molecule has 434 valence electrons. The van der Waals surface area contributed by atoms with Crippen molar-refractivity contribution in [3.63, 3.8) is 0 Å². The topological polar surface area (TPSA) is 108 Å². The number of nitrogens with zero attached hydrogens (tertiary/aromatic N) is 1. The van der Waals surface area contributed by atoms with Crippen molar-refractivity contribution in [1.82, 2.24) is 5.32 Å². The predicted octanol–water partition coefficient (Wildman–Crippen LogP) is 19.0. The minimum Gasteiger partial charge on any atom is -0.756 e. The van der Waals surface area contributed by atoms with Crippen molar-refractivity contribution >= 4 is 13.7 Å². The van der Waals surface area contributed by atoms with Crippen LogP contribution in [0.2, 0.25) is 0 Å². The maximum Gasteiger partial charge on any atom is 0.268 e. The Morgan fingerprint density at radius 1 is 0.473 bits per heavy atom. The Balaban J connectivity index is 4.20. The summed E-state index contributed by atoms with van der Waals surface area (Å²) in [6.07, 6.45) is 76.0. The fourth-order valence-electron chi connectivity index (χ4n) is 9.24. The molecule has 0 heterocycles. The first kappa shape index (κ1) is 72.2. The lowest BCUT2D eigenvalue weighted by molar-refractivity contribution is -0.870. The molecule has 3 unspecified atom stereocenters. The van der Waals surface area contributed by atoms with Gasteiger partial charge in [-0.1, -0.05) is 280 Å². The molecule has 1 amide bonds. The van der Waals surface area contributed by atoms with Gasteiger partial charge in [0.25, 0.3) is 7.82 Å². The van der Waals surface area contributed by atoms with E-state index in [-0.39, 0.29) is 12.5 Å². The van der Waals surface area contributed by atoms with Crippen LogP contribution in [-0.4, -0.2) is 68.5 Å². The molecule has 74 heavy (non-hydrogen) atoms. The van der Waals surface area contributed by atoms with Crippen LogP contribution in [0, 0.1) is 0 Å². The first-order valence-corrected chi connectivity index (χ1v) is 33.1. The van der Waals surface area contributed by atoms with Gasteiger partial charge in [-0.05, 0) is 70.6 Å². The Kier molecular flexibility index (Phi) is 54.6. The van der Waals surface area contributed by atoms with Crippen molar-refractivity contribution in [1.29, 1.82) is 0 Å². The third kappa shape index (κ3) is 57.9. The number of phosphoric ester groups is 1. The van der Waals surface area contributed by atoms with E-state index in [0.717, 1.165) is 51.4 Å². The molecule has 2 N–H and O–H groups in total. The number of nitrogens with one attached hydrogen (secondary N) is 1. The number of rotatable bonds is 58. The molecular weight excluding hydrogens is 936 g/mol. The highest BCUT2D eigenvalue weighted by molar-refractivity contribution is 7.45. The molecule has 0 saturated heterocycles. The number of hydrogen-bond acceptors (Lipinski definition) is 6. The highest BCUT2D eigenvalue weighted by Crippen LogP contribution is 2.38. The van der Waals surface area contributed by atoms with Crippen molar-refractivity contribution in [3.8, 4) is 0 Å². The predicted molar refractivity (Wildman–Crippen MR) is 321 cm³/mol. The average molecular weight is 1060 g/mol. The van der Waals surface area contributed by atoms with Crippen LogP contribution in [0.4, 0.5) is 0 Å². The second kappa shape index (κ2) is 55.9. The molecule has 0 aliphatic carbocycles. The van der Waals surface area contributed by atoms with Gasteiger partial charge in [0.1, 0.15) is 13.2 Å². The lowest BCUT2D eigenvalue weighted by atomic mass is 10.0. The van der Waals surface area contributed by atoms with Gasteiger partial charge in [-0.2, -0.15) is 0 Å². The summed E-state index contributed by atoms with van der Waals surface area (Å²) < 4.78 is 23.4. The number of aliphatic hydroxyl groups excluding tert-OH is 1. The third-order valence-electron chi connectivity index (χ3n) is 14.2. The summed E-state index contributed by atoms with van der Waals surface area (Å²) in [6, 6.07) is -0.908. The van der Waals surface area contributed by atoms with E-state index in [9.17, 15) is 19.4 Å². The Morgan fingerprint density at radius 2 is 0.797 bits per heavy atom. The summed E-state index contributed by atoms with van der Waals surface area (Å²) in [4.78, 5) is 25.6. The maximum atomic E-state index is 13.0. The minimum atomic E-state index is -4.61. The van der Waals surface area contributed by atoms with Crippen LogP contribution in [0.25, 0.3) is 0 Å². The lowest BCUT2D eigenvalue weighted by Crippen LogP contribution is -2.45. The molecule has 0 aromatic rings. The zero-order valence-electron chi connectivity index (χ0n) is 49.5. The van der Waals surface area contributed by atoms with Gasteiger partial charge in [0.15, 0.2) is 0 Å². The van der Waals surface area contributed by atoms with Gasteiger partial charge in [-0.15, -0.1) is 0 Å². The molecule has 0 spiro atoms. The van der Waals surface area contributed by atoms with E-state index in [4.69, 9.17) is 9.05 Å². The molecule has 0 saturated carbocycles. The van der Waals surface area contributed by atoms with Crippen LogP contribution in [0.3, 0.4) is 0 Å². The summed E-state index contributed by atoms with van der Waals surface area (Å²) in [5.41, 5.74) is 0. The Labute approximate surface area is 460 Å². The van der Waals surface area contributed by atoms with E-state index in [1.165, 1.54) is 225 Å². The van der Waals surface area contributed by atoms with Crippen LogP contribution in [-0.2, 0) is 18.4 Å². The number of hydrogen-bond donors (Lipinski definition) is 2. The van der Waals surface area contributed by atoms with Crippen LogP contribution in [0.15, 0.2) is 60.8 Å². The number of likely N-dealkylation sites (N-methyl/N-ethyl adjacent to an activating group) is 1. The zero-order chi connectivity index (χ0) is 54.2. The van der Waals surface area contributed by atoms with Gasteiger partial charge in [0.2, 0.25) is 5.91 Å². The lowest BCUT2D eigenvalue weighted by Gasteiger charge is -2.29. The molecule has 3 atom stereocenters. The van der Waals surface area contributed by atoms with Crippen molar-refractivity contribution in [3.05, 3.63) is 60.8 Å². The van der Waals surface area contributed by atoms with E-state index >= 15 is 0 Å². The molecule has 0 aromatic heterocycles. The standard InChI is InChI=1S/C65H123N2O6P/c1-6-8-10-12-14-16-18-20-22-24-26-28-30-32-33-35-37-39-41-43-45-47-49-51-53-55-57-59-65(69)66-63(62-73-74(70,71)72-61-60-67(3,4)5)64(68)58-56-54-52-50-48-46-44-42-40-38-36-34-31-29-27-25-23-21-19-17-15-13-11-9-7-2/h18,20,24,26,30,32,48,50,56,58,63-64,68H,6-17,19,21-23,25,27-29,31,33-47,49,51-55,57,59-62H2,1-5H3,(H-,66,69,70,71)/b20-18-,26-24-,32-30-,50-48+,58-56+. The van der Waals surface area contributed by atoms with Gasteiger partial charge in [0, 0.05) is 6.42 Å². The molecule has 0 bridgehead atoms. The molecule has 0 aliphatic heterocycles. The first-order chi connectivity index (χ1) is 36.0. The average Bonchev–Trinajstić information content (AvgIpc) is 3.36. The second-order valence-corrected chi connectivity index (χ2v) is 24.2. The van der Waals surface area contributed by atoms with E-state index in [2.05, 4.69) is 67.8 Å². The van der Waals surface area contributed by atoms with Crippen molar-refractivity contribution in [2.45, 2.75) is 309 Å². The van der Waals surface area contributed by atoms with Gasteiger partial charge < -0.3 is 28.8 Å². The molecular formula is C65H123N2O6P. The van der Waals surface area contributed by atoms with Gasteiger partial charge >= 0.3 is 0 Å². The van der Waals surface area contributed by atoms with E-state index in [1.54, 1.807) is 6.08 Å². The highest BCUT2D eigenvalue weighted by Gasteiger charge is 2.23. The SMILES string of the molecule is CCCCCCC/C=C\C/C=C\C/C=C\CCCCCCCCCCCCCCC(=O)NC(COP(=O)([O-])OCC[N+](C)(C)C)C(O)/C=C/CC/C=C/CCCCCCCCCCCCCCCCCCCCC. The number of aliphatic hydroxyl groups is 1. The Hall–Kier alpha value is -1.80. The van der Waals surface area contributed by atoms with Crippen molar-refractivity contribution < 1.29 is 32.9 Å². The Morgan fingerprint density at radius 3 is 1.19 bits per heavy atom. The molecule has 0 fully saturated rings. The molecule has 0 aromatic carbocycles. The maximum absolute atomic E-state index is 13.0. The van der Waals surface area contributed by atoms with E-state index in [1.807, 2.05) is 27.2 Å². The van der Waals surface area contributed by atoms with Crippen molar-refractivity contribution in [2.75, 3.05) is 40.9 Å². The van der Waals surface area contributed by atoms with Crippen molar-refractivity contribution in [2.24, 2.45) is 0 Å². The summed E-state index contributed by atoms with van der Waals surface area (Å²) in [6.45, 7) is 4.65. The number of quaternary nitrogens is 1. The molecule has 0 aliphatic rings. The molecule has 0 rings (SSSR count). The second-order valence-electron chi connectivity index (χ2n) is 22.8. The molecule has 9 heteroatoms. The fraction of sp³-hybridized carbons (Fsp3) is 0.831. The first-order valence-electron chi connectivity index (χ1n) is 31.7. The number of carbonyl (C=O) groups is 1. The number of amides is 1. The fourth-order valence-corrected chi connectivity index (χ4v) is 9.96. The summed E-state index contributed by atoms with van der Waals surface area (Å²) in [7, 11) is 1.25. The number of phosphoric acid groups is 1. The van der Waals surface area contributed by atoms with Crippen LogP contribution >= 0.6 is 7.82 Å². The molecule has 8 nitrogen and oxygen atoms in total. The highest BCUT2D eigenvalue weighted by atomic mass is 31.2. The Bertz CT molecular complexity index is 1390. The van der Waals surface area contributed by atoms with Crippen LogP contribution < -0.4 is 10.2 Å². The van der Waals surface area contributed by atoms with E-state index in [0.29, 0.717) is 17.4 Å². The normalized spacial score (nSPS) is 14.2. The monoisotopic (exact) mass is 1060 g/mol. The third-order valence-corrected chi connectivity index (χ3v) is 15.2. The summed E-state index contributed by atoms with van der Waals surface area (Å²) >= 11 is 0. The summed E-state index contributed by atoms with van der Waals surface area (Å²) in [5.74, 6) is -0.207. The number of carbonyl (C=O) groups excluding carboxylic acids is 1. The van der Waals surface area contributed by atoms with Gasteiger partial charge in [-0.25, -0.2) is 0 Å². The summed E-state index contributed by atoms with van der Waals surface area (Å²) in [5, 5.41) is 13.9. The smallest absolute Gasteiger partial charge is 0.268 e. The minimum absolute atomic E-state index is 0.00789. The number of unbranched alkanes of at least 4 members (excludes halogenated alkanes) is 37.